The Balaban J connectivity index is 2.16. The molecule has 2 rings (SSSR count). The lowest BCUT2D eigenvalue weighted by molar-refractivity contribution is 0.612. The Kier molecular flexibility index (Phi) is 4.01. The van der Waals surface area contributed by atoms with E-state index in [0.717, 1.165) is 5.69 Å². The topological polar surface area (TPSA) is 63.8 Å². The van der Waals surface area contributed by atoms with Gasteiger partial charge in [0.2, 0.25) is 5.95 Å². The fourth-order valence-electron chi connectivity index (χ4n) is 1.59. The maximum atomic E-state index is 13.5. The molecule has 0 spiro atoms. The van der Waals surface area contributed by atoms with E-state index in [9.17, 15) is 4.39 Å². The average molecular weight is 276 g/mol. The lowest BCUT2D eigenvalue weighted by Crippen LogP contribution is -2.15. The molecule has 1 aromatic heterocycles. The predicted molar refractivity (Wildman–Crippen MR) is 76.4 cm³/mol. The molecule has 1 aromatic carbocycles. The number of anilines is 1. The SMILES string of the molecule is Cc1cc(C(N)=S)nc(NCc2ccccc2F)n1. The number of nitrogens with zero attached hydrogens (tertiary/aromatic N) is 2. The van der Waals surface area contributed by atoms with Crippen LogP contribution in [0.2, 0.25) is 0 Å². The molecular formula is C13H13FN4S. The molecule has 0 fully saturated rings. The second-order valence-corrected chi connectivity index (χ2v) is 4.47. The van der Waals surface area contributed by atoms with E-state index in [2.05, 4.69) is 15.3 Å². The summed E-state index contributed by atoms with van der Waals surface area (Å²) in [7, 11) is 0. The Labute approximate surface area is 115 Å². The van der Waals surface area contributed by atoms with Gasteiger partial charge in [0.15, 0.2) is 0 Å². The third kappa shape index (κ3) is 3.45. The quantitative estimate of drug-likeness (QED) is 0.838. The minimum Gasteiger partial charge on any atom is -0.388 e. The van der Waals surface area contributed by atoms with Gasteiger partial charge in [-0.3, -0.25) is 0 Å². The molecule has 0 aliphatic carbocycles. The van der Waals surface area contributed by atoms with Crippen molar-refractivity contribution in [2.24, 2.45) is 5.73 Å². The van der Waals surface area contributed by atoms with Crippen molar-refractivity contribution >= 4 is 23.2 Å². The van der Waals surface area contributed by atoms with Crippen molar-refractivity contribution in [3.05, 3.63) is 53.1 Å². The molecule has 4 nitrogen and oxygen atoms in total. The maximum Gasteiger partial charge on any atom is 0.223 e. The largest absolute Gasteiger partial charge is 0.388 e. The molecule has 98 valence electrons. The van der Waals surface area contributed by atoms with Crippen molar-refractivity contribution in [1.29, 1.82) is 0 Å². The molecule has 0 atom stereocenters. The lowest BCUT2D eigenvalue weighted by atomic mass is 10.2. The van der Waals surface area contributed by atoms with Crippen molar-refractivity contribution in [3.63, 3.8) is 0 Å². The van der Waals surface area contributed by atoms with Crippen LogP contribution in [0.3, 0.4) is 0 Å². The van der Waals surface area contributed by atoms with Crippen LogP contribution in [-0.2, 0) is 6.54 Å². The summed E-state index contributed by atoms with van der Waals surface area (Å²) < 4.78 is 13.5. The van der Waals surface area contributed by atoms with Crippen molar-refractivity contribution in [1.82, 2.24) is 9.97 Å². The standard InChI is InChI=1S/C13H13FN4S/c1-8-6-11(12(15)19)18-13(17-8)16-7-9-4-2-3-5-10(9)14/h2-6H,7H2,1H3,(H2,15,19)(H,16,17,18). The first-order chi connectivity index (χ1) is 9.06. The van der Waals surface area contributed by atoms with Crippen LogP contribution in [0.15, 0.2) is 30.3 Å². The molecule has 0 saturated carbocycles. The zero-order valence-electron chi connectivity index (χ0n) is 10.4. The first-order valence-electron chi connectivity index (χ1n) is 5.69. The van der Waals surface area contributed by atoms with Gasteiger partial charge in [-0.25, -0.2) is 14.4 Å². The van der Waals surface area contributed by atoms with Gasteiger partial charge in [0.25, 0.3) is 0 Å². The van der Waals surface area contributed by atoms with E-state index in [0.29, 0.717) is 23.8 Å². The van der Waals surface area contributed by atoms with Gasteiger partial charge in [0, 0.05) is 17.8 Å². The van der Waals surface area contributed by atoms with Gasteiger partial charge in [-0.15, -0.1) is 0 Å². The fraction of sp³-hybridized carbons (Fsp3) is 0.154. The Morgan fingerprint density at radius 1 is 1.37 bits per heavy atom. The predicted octanol–water partition coefficient (Wildman–Crippen LogP) is 2.17. The molecule has 0 bridgehead atoms. The van der Waals surface area contributed by atoms with Crippen LogP contribution >= 0.6 is 12.2 Å². The summed E-state index contributed by atoms with van der Waals surface area (Å²) in [4.78, 5) is 8.58. The molecule has 0 amide bonds. The van der Waals surface area contributed by atoms with Crippen LogP contribution in [0.1, 0.15) is 17.0 Å². The monoisotopic (exact) mass is 276 g/mol. The van der Waals surface area contributed by atoms with Crippen LogP contribution in [0, 0.1) is 12.7 Å². The van der Waals surface area contributed by atoms with Crippen LogP contribution in [-0.4, -0.2) is 15.0 Å². The minimum atomic E-state index is -0.266. The van der Waals surface area contributed by atoms with Gasteiger partial charge < -0.3 is 11.1 Å². The molecule has 0 aliphatic rings. The number of hydrogen-bond acceptors (Lipinski definition) is 4. The molecule has 19 heavy (non-hydrogen) atoms. The number of thiocarbonyl (C=S) groups is 1. The van der Waals surface area contributed by atoms with Crippen LogP contribution in [0.25, 0.3) is 0 Å². The highest BCUT2D eigenvalue weighted by molar-refractivity contribution is 7.80. The zero-order valence-corrected chi connectivity index (χ0v) is 11.2. The number of nitrogens with one attached hydrogen (secondary N) is 1. The molecule has 0 unspecified atom stereocenters. The van der Waals surface area contributed by atoms with E-state index in [1.54, 1.807) is 24.3 Å². The van der Waals surface area contributed by atoms with Crippen LogP contribution < -0.4 is 11.1 Å². The minimum absolute atomic E-state index is 0.208. The highest BCUT2D eigenvalue weighted by Gasteiger charge is 2.05. The highest BCUT2D eigenvalue weighted by atomic mass is 32.1. The van der Waals surface area contributed by atoms with Crippen LogP contribution in [0.4, 0.5) is 10.3 Å². The first kappa shape index (κ1) is 13.4. The average Bonchev–Trinajstić information content (AvgIpc) is 2.37. The Morgan fingerprint density at radius 2 is 2.11 bits per heavy atom. The summed E-state index contributed by atoms with van der Waals surface area (Å²) in [5, 5.41) is 2.96. The lowest BCUT2D eigenvalue weighted by Gasteiger charge is -2.08. The van der Waals surface area contributed by atoms with E-state index < -0.39 is 0 Å². The van der Waals surface area contributed by atoms with E-state index in [1.807, 2.05) is 6.92 Å². The molecule has 0 radical (unpaired) electrons. The Hall–Kier alpha value is -2.08. The summed E-state index contributed by atoms with van der Waals surface area (Å²) >= 11 is 4.88. The van der Waals surface area contributed by atoms with Gasteiger partial charge in [-0.2, -0.15) is 0 Å². The van der Waals surface area contributed by atoms with E-state index in [1.165, 1.54) is 6.07 Å². The third-order valence-corrected chi connectivity index (χ3v) is 2.71. The number of aryl methyl sites for hydroxylation is 1. The summed E-state index contributed by atoms with van der Waals surface area (Å²) in [6.45, 7) is 2.12. The summed E-state index contributed by atoms with van der Waals surface area (Å²) in [5.41, 5.74) is 7.33. The highest BCUT2D eigenvalue weighted by Crippen LogP contribution is 2.10. The molecule has 1 heterocycles. The molecule has 2 aromatic rings. The summed E-state index contributed by atoms with van der Waals surface area (Å²) in [6.07, 6.45) is 0. The smallest absolute Gasteiger partial charge is 0.223 e. The molecule has 0 saturated heterocycles. The van der Waals surface area contributed by atoms with E-state index in [4.69, 9.17) is 18.0 Å². The maximum absolute atomic E-state index is 13.5. The second kappa shape index (κ2) is 5.71. The molecule has 6 heteroatoms. The number of hydrogen-bond donors (Lipinski definition) is 2. The summed E-state index contributed by atoms with van der Waals surface area (Å²) in [5.74, 6) is 0.114. The Morgan fingerprint density at radius 3 is 2.79 bits per heavy atom. The number of nitrogens with two attached hydrogens (primary N) is 1. The number of rotatable bonds is 4. The van der Waals surface area contributed by atoms with E-state index >= 15 is 0 Å². The fourth-order valence-corrected chi connectivity index (χ4v) is 1.69. The normalized spacial score (nSPS) is 10.2. The molecule has 0 aliphatic heterocycles. The van der Waals surface area contributed by atoms with Crippen molar-refractivity contribution in [2.75, 3.05) is 5.32 Å². The first-order valence-corrected chi connectivity index (χ1v) is 6.10. The second-order valence-electron chi connectivity index (χ2n) is 4.03. The van der Waals surface area contributed by atoms with Crippen molar-refractivity contribution < 1.29 is 4.39 Å². The van der Waals surface area contributed by atoms with E-state index in [-0.39, 0.29) is 10.8 Å². The number of aromatic nitrogens is 2. The third-order valence-electron chi connectivity index (χ3n) is 2.50. The number of benzene rings is 1. The molecule has 3 N–H and O–H groups in total. The van der Waals surface area contributed by atoms with Gasteiger partial charge in [0.05, 0.1) is 0 Å². The van der Waals surface area contributed by atoms with Gasteiger partial charge in [-0.05, 0) is 19.1 Å². The summed E-state index contributed by atoms with van der Waals surface area (Å²) in [6, 6.07) is 8.24. The Bertz CT molecular complexity index is 615. The van der Waals surface area contributed by atoms with Gasteiger partial charge >= 0.3 is 0 Å². The van der Waals surface area contributed by atoms with Gasteiger partial charge in [-0.1, -0.05) is 30.4 Å². The zero-order chi connectivity index (χ0) is 13.8. The molecular weight excluding hydrogens is 263 g/mol. The van der Waals surface area contributed by atoms with Crippen molar-refractivity contribution in [2.45, 2.75) is 13.5 Å². The number of halogens is 1. The van der Waals surface area contributed by atoms with Gasteiger partial charge in [0.1, 0.15) is 16.5 Å². The van der Waals surface area contributed by atoms with Crippen LogP contribution in [0.5, 0.6) is 0 Å². The van der Waals surface area contributed by atoms with Crippen molar-refractivity contribution in [3.8, 4) is 0 Å².